The molecule has 4 aromatic rings. The van der Waals surface area contributed by atoms with Crippen LogP contribution in [0.5, 0.6) is 5.75 Å². The van der Waals surface area contributed by atoms with E-state index in [2.05, 4.69) is 4.90 Å². The predicted molar refractivity (Wildman–Crippen MR) is 119 cm³/mol. The van der Waals surface area contributed by atoms with Crippen LogP contribution in [0.1, 0.15) is 19.3 Å². The predicted octanol–water partition coefficient (Wildman–Crippen LogP) is 4.20. The second-order valence-corrected chi connectivity index (χ2v) is 7.62. The fourth-order valence-electron chi connectivity index (χ4n) is 3.97. The van der Waals surface area contributed by atoms with E-state index in [0.717, 1.165) is 42.9 Å². The molecule has 2 N–H and O–H groups in total. The van der Waals surface area contributed by atoms with Crippen molar-refractivity contribution in [3.8, 4) is 22.7 Å². The standard InChI is InChI=1S/C23H23FN6O/c1-31-18-11-9-17(10-12-18)30-21(25)19-20(15-5-7-16(24)8-6-15)26-23(27-22(19)28-30)29-13-3-2-4-14-29/h5-12H,2-4,13-14,25H2,1H3. The largest absolute Gasteiger partial charge is 0.497 e. The minimum atomic E-state index is -0.299. The first-order valence-electron chi connectivity index (χ1n) is 10.4. The summed E-state index contributed by atoms with van der Waals surface area (Å²) in [6, 6.07) is 13.7. The summed E-state index contributed by atoms with van der Waals surface area (Å²) in [6.07, 6.45) is 3.42. The summed E-state index contributed by atoms with van der Waals surface area (Å²) in [7, 11) is 1.62. The molecule has 31 heavy (non-hydrogen) atoms. The van der Waals surface area contributed by atoms with Gasteiger partial charge in [-0.1, -0.05) is 0 Å². The first kappa shape index (κ1) is 19.3. The summed E-state index contributed by atoms with van der Waals surface area (Å²) in [4.78, 5) is 11.8. The van der Waals surface area contributed by atoms with Crippen molar-refractivity contribution in [3.63, 3.8) is 0 Å². The third kappa shape index (κ3) is 3.54. The van der Waals surface area contributed by atoms with Gasteiger partial charge in [-0.05, 0) is 67.8 Å². The lowest BCUT2D eigenvalue weighted by atomic mass is 10.1. The average molecular weight is 418 g/mol. The Kier molecular flexibility index (Phi) is 4.89. The van der Waals surface area contributed by atoms with Crippen molar-refractivity contribution in [1.82, 2.24) is 19.7 Å². The molecule has 7 nitrogen and oxygen atoms in total. The van der Waals surface area contributed by atoms with Gasteiger partial charge in [0.05, 0.1) is 23.9 Å². The smallest absolute Gasteiger partial charge is 0.228 e. The Bertz CT molecular complexity index is 1210. The molecule has 1 aliphatic rings. The molecule has 0 saturated carbocycles. The number of hydrogen-bond donors (Lipinski definition) is 1. The van der Waals surface area contributed by atoms with Crippen LogP contribution >= 0.6 is 0 Å². The molecule has 0 atom stereocenters. The van der Waals surface area contributed by atoms with Crippen molar-refractivity contribution in [1.29, 1.82) is 0 Å². The summed E-state index contributed by atoms with van der Waals surface area (Å²) in [5, 5.41) is 5.35. The summed E-state index contributed by atoms with van der Waals surface area (Å²) < 4.78 is 20.5. The van der Waals surface area contributed by atoms with E-state index < -0.39 is 0 Å². The topological polar surface area (TPSA) is 82.1 Å². The second-order valence-electron chi connectivity index (χ2n) is 7.62. The third-order valence-corrected chi connectivity index (χ3v) is 5.63. The molecule has 0 spiro atoms. The highest BCUT2D eigenvalue weighted by Crippen LogP contribution is 2.34. The summed E-state index contributed by atoms with van der Waals surface area (Å²) in [6.45, 7) is 1.81. The fourth-order valence-corrected chi connectivity index (χ4v) is 3.97. The Morgan fingerprint density at radius 1 is 0.935 bits per heavy atom. The van der Waals surface area contributed by atoms with Crippen LogP contribution in [0, 0.1) is 5.82 Å². The van der Waals surface area contributed by atoms with Crippen LogP contribution in [0.4, 0.5) is 16.2 Å². The van der Waals surface area contributed by atoms with Gasteiger partial charge in [0, 0.05) is 18.7 Å². The number of ether oxygens (including phenoxy) is 1. The first-order chi connectivity index (χ1) is 15.1. The molecule has 0 bridgehead atoms. The van der Waals surface area contributed by atoms with Crippen LogP contribution in [0.15, 0.2) is 48.5 Å². The van der Waals surface area contributed by atoms with Crippen molar-refractivity contribution >= 4 is 22.8 Å². The summed E-state index contributed by atoms with van der Waals surface area (Å²) in [5.41, 5.74) is 9.28. The van der Waals surface area contributed by atoms with Gasteiger partial charge in [-0.2, -0.15) is 4.98 Å². The van der Waals surface area contributed by atoms with E-state index in [9.17, 15) is 4.39 Å². The number of anilines is 2. The highest BCUT2D eigenvalue weighted by atomic mass is 19.1. The van der Waals surface area contributed by atoms with Gasteiger partial charge in [-0.25, -0.2) is 14.1 Å². The third-order valence-electron chi connectivity index (χ3n) is 5.63. The molecule has 0 aliphatic carbocycles. The molecule has 5 rings (SSSR count). The molecule has 1 saturated heterocycles. The fraction of sp³-hybridized carbons (Fsp3) is 0.261. The Morgan fingerprint density at radius 3 is 2.32 bits per heavy atom. The van der Waals surface area contributed by atoms with E-state index in [0.29, 0.717) is 28.5 Å². The Balaban J connectivity index is 1.70. The molecule has 2 aromatic carbocycles. The summed E-state index contributed by atoms with van der Waals surface area (Å²) >= 11 is 0. The van der Waals surface area contributed by atoms with Gasteiger partial charge in [0.2, 0.25) is 5.95 Å². The average Bonchev–Trinajstić information content (AvgIpc) is 3.16. The zero-order valence-electron chi connectivity index (χ0n) is 17.3. The quantitative estimate of drug-likeness (QED) is 0.535. The lowest BCUT2D eigenvalue weighted by molar-refractivity contribution is 0.414. The number of piperidine rings is 1. The van der Waals surface area contributed by atoms with Gasteiger partial charge < -0.3 is 15.4 Å². The molecule has 2 aromatic heterocycles. The lowest BCUT2D eigenvalue weighted by Crippen LogP contribution is -2.31. The number of aromatic nitrogens is 4. The number of nitrogens with two attached hydrogens (primary N) is 1. The number of fused-ring (bicyclic) bond motifs is 1. The van der Waals surface area contributed by atoms with E-state index in [1.807, 2.05) is 24.3 Å². The maximum atomic E-state index is 13.6. The lowest BCUT2D eigenvalue weighted by Gasteiger charge is -2.26. The van der Waals surface area contributed by atoms with E-state index in [1.54, 1.807) is 23.9 Å². The first-order valence-corrected chi connectivity index (χ1v) is 10.4. The van der Waals surface area contributed by atoms with Crippen LogP contribution in [0.25, 0.3) is 28.0 Å². The molecule has 8 heteroatoms. The number of nitrogen functional groups attached to an aromatic ring is 1. The van der Waals surface area contributed by atoms with Crippen molar-refractivity contribution in [2.45, 2.75) is 19.3 Å². The van der Waals surface area contributed by atoms with Crippen LogP contribution in [-0.4, -0.2) is 39.9 Å². The van der Waals surface area contributed by atoms with Crippen LogP contribution in [-0.2, 0) is 0 Å². The van der Waals surface area contributed by atoms with Crippen molar-refractivity contribution in [3.05, 3.63) is 54.3 Å². The number of hydrogen-bond acceptors (Lipinski definition) is 6. The van der Waals surface area contributed by atoms with Crippen molar-refractivity contribution in [2.75, 3.05) is 30.8 Å². The molecule has 1 aliphatic heterocycles. The minimum absolute atomic E-state index is 0.299. The van der Waals surface area contributed by atoms with E-state index in [1.165, 1.54) is 18.6 Å². The van der Waals surface area contributed by atoms with E-state index >= 15 is 0 Å². The Morgan fingerprint density at radius 2 is 1.65 bits per heavy atom. The molecule has 3 heterocycles. The van der Waals surface area contributed by atoms with Crippen molar-refractivity contribution < 1.29 is 9.13 Å². The monoisotopic (exact) mass is 418 g/mol. The minimum Gasteiger partial charge on any atom is -0.497 e. The number of rotatable bonds is 4. The maximum absolute atomic E-state index is 13.6. The maximum Gasteiger partial charge on any atom is 0.228 e. The number of halogens is 1. The molecular weight excluding hydrogens is 395 g/mol. The van der Waals surface area contributed by atoms with E-state index in [-0.39, 0.29) is 5.82 Å². The molecule has 0 amide bonds. The SMILES string of the molecule is COc1ccc(-n2nc3nc(N4CCCCC4)nc(-c4ccc(F)cc4)c3c2N)cc1. The van der Waals surface area contributed by atoms with Crippen LogP contribution < -0.4 is 15.4 Å². The van der Waals surface area contributed by atoms with Crippen LogP contribution in [0.3, 0.4) is 0 Å². The Labute approximate surface area is 179 Å². The number of nitrogens with zero attached hydrogens (tertiary/aromatic N) is 5. The molecule has 0 radical (unpaired) electrons. The molecular formula is C23H23FN6O. The van der Waals surface area contributed by atoms with Gasteiger partial charge in [-0.15, -0.1) is 5.10 Å². The van der Waals surface area contributed by atoms with Gasteiger partial charge in [0.1, 0.15) is 17.4 Å². The molecule has 0 unspecified atom stereocenters. The highest BCUT2D eigenvalue weighted by molar-refractivity contribution is 5.99. The molecule has 1 fully saturated rings. The number of benzene rings is 2. The van der Waals surface area contributed by atoms with Gasteiger partial charge in [0.15, 0.2) is 5.65 Å². The van der Waals surface area contributed by atoms with Gasteiger partial charge in [0.25, 0.3) is 0 Å². The molecule has 158 valence electrons. The summed E-state index contributed by atoms with van der Waals surface area (Å²) in [5.74, 6) is 1.51. The van der Waals surface area contributed by atoms with Gasteiger partial charge in [-0.3, -0.25) is 0 Å². The zero-order chi connectivity index (χ0) is 21.4. The van der Waals surface area contributed by atoms with E-state index in [4.69, 9.17) is 25.5 Å². The normalized spacial score (nSPS) is 14.2. The van der Waals surface area contributed by atoms with Crippen molar-refractivity contribution in [2.24, 2.45) is 0 Å². The second kappa shape index (κ2) is 7.86. The van der Waals surface area contributed by atoms with Gasteiger partial charge >= 0.3 is 0 Å². The number of methoxy groups -OCH3 is 1. The van der Waals surface area contributed by atoms with Crippen LogP contribution in [0.2, 0.25) is 0 Å². The highest BCUT2D eigenvalue weighted by Gasteiger charge is 2.22. The Hall–Kier alpha value is -3.68. The zero-order valence-corrected chi connectivity index (χ0v) is 17.3.